The zero-order chi connectivity index (χ0) is 18.2. The highest BCUT2D eigenvalue weighted by Crippen LogP contribution is 2.31. The first kappa shape index (κ1) is 19.7. The number of benzene rings is 1. The van der Waals surface area contributed by atoms with Crippen molar-refractivity contribution in [2.24, 2.45) is 0 Å². The number of anilines is 1. The molecule has 25 heavy (non-hydrogen) atoms. The number of rotatable bonds is 8. The van der Waals surface area contributed by atoms with Gasteiger partial charge in [-0.1, -0.05) is 54.1 Å². The van der Waals surface area contributed by atoms with Crippen LogP contribution in [0.25, 0.3) is 0 Å². The van der Waals surface area contributed by atoms with Crippen molar-refractivity contribution in [3.05, 3.63) is 34.9 Å². The van der Waals surface area contributed by atoms with E-state index >= 15 is 0 Å². The number of hydrogen-bond acceptors (Lipinski definition) is 7. The zero-order valence-electron chi connectivity index (χ0n) is 13.8. The van der Waals surface area contributed by atoms with E-state index in [0.29, 0.717) is 33.1 Å². The Labute approximate surface area is 159 Å². The van der Waals surface area contributed by atoms with Gasteiger partial charge in [-0.3, -0.25) is 14.9 Å². The van der Waals surface area contributed by atoms with E-state index in [0.717, 1.165) is 6.42 Å². The number of nitrogens with zero attached hydrogens (tertiary/aromatic N) is 2. The molecule has 2 aromatic rings. The molecule has 0 aliphatic heterocycles. The first-order valence-corrected chi connectivity index (χ1v) is 9.84. The highest BCUT2D eigenvalue weighted by atomic mass is 35.5. The van der Waals surface area contributed by atoms with Crippen LogP contribution >= 0.6 is 34.7 Å². The number of aromatic nitrogens is 2. The van der Waals surface area contributed by atoms with Crippen LogP contribution in [0, 0.1) is 0 Å². The van der Waals surface area contributed by atoms with Crippen LogP contribution in [-0.2, 0) is 9.53 Å². The molecule has 0 aliphatic rings. The van der Waals surface area contributed by atoms with Crippen molar-refractivity contribution in [1.82, 2.24) is 10.2 Å². The maximum Gasteiger partial charge on any atom is 0.319 e. The summed E-state index contributed by atoms with van der Waals surface area (Å²) in [6.45, 7) is 4.13. The van der Waals surface area contributed by atoms with E-state index in [4.69, 9.17) is 16.3 Å². The fraction of sp³-hybridized carbons (Fsp3) is 0.375. The topological polar surface area (TPSA) is 81.2 Å². The lowest BCUT2D eigenvalue weighted by atomic mass is 10.2. The van der Waals surface area contributed by atoms with Gasteiger partial charge in [0, 0.05) is 10.6 Å². The number of thioether (sulfide) groups is 1. The Kier molecular flexibility index (Phi) is 7.67. The summed E-state index contributed by atoms with van der Waals surface area (Å²) < 4.78 is 5.69. The number of amides is 1. The van der Waals surface area contributed by atoms with E-state index in [2.05, 4.69) is 15.5 Å². The molecule has 0 aliphatic carbocycles. The molecule has 0 fully saturated rings. The SMILES string of the molecule is CCCC(Sc1nnc(NC(=O)c2cccc(Cl)c2)s1)C(=O)OCC. The van der Waals surface area contributed by atoms with Gasteiger partial charge in [0.05, 0.1) is 6.61 Å². The molecule has 1 N–H and O–H groups in total. The average molecular weight is 400 g/mol. The summed E-state index contributed by atoms with van der Waals surface area (Å²) in [6.07, 6.45) is 1.54. The molecular formula is C16H18ClN3O3S2. The molecule has 134 valence electrons. The fourth-order valence-corrected chi connectivity index (χ4v) is 4.24. The molecule has 1 amide bonds. The molecule has 0 spiro atoms. The summed E-state index contributed by atoms with van der Waals surface area (Å²) in [7, 11) is 0. The third kappa shape index (κ3) is 5.98. The van der Waals surface area contributed by atoms with E-state index in [1.54, 1.807) is 31.2 Å². The first-order valence-electron chi connectivity index (χ1n) is 7.77. The van der Waals surface area contributed by atoms with Crippen LogP contribution in [0.4, 0.5) is 5.13 Å². The predicted octanol–water partition coefficient (Wildman–Crippen LogP) is 4.27. The van der Waals surface area contributed by atoms with Gasteiger partial charge in [0.15, 0.2) is 4.34 Å². The summed E-state index contributed by atoms with van der Waals surface area (Å²) in [5.74, 6) is -0.570. The van der Waals surface area contributed by atoms with Gasteiger partial charge in [0.1, 0.15) is 5.25 Å². The van der Waals surface area contributed by atoms with Crippen LogP contribution < -0.4 is 5.32 Å². The van der Waals surface area contributed by atoms with Crippen molar-refractivity contribution in [3.8, 4) is 0 Å². The van der Waals surface area contributed by atoms with Gasteiger partial charge in [-0.25, -0.2) is 0 Å². The van der Waals surface area contributed by atoms with Gasteiger partial charge in [-0.05, 0) is 31.5 Å². The van der Waals surface area contributed by atoms with Crippen molar-refractivity contribution in [1.29, 1.82) is 0 Å². The number of hydrogen-bond donors (Lipinski definition) is 1. The van der Waals surface area contributed by atoms with Gasteiger partial charge < -0.3 is 4.74 Å². The normalized spacial score (nSPS) is 11.8. The Morgan fingerprint density at radius 3 is 2.84 bits per heavy atom. The molecule has 9 heteroatoms. The van der Waals surface area contributed by atoms with Crippen LogP contribution in [-0.4, -0.2) is 33.9 Å². The molecular weight excluding hydrogens is 382 g/mol. The lowest BCUT2D eigenvalue weighted by molar-refractivity contribution is -0.142. The molecule has 0 saturated heterocycles. The third-order valence-corrected chi connectivity index (χ3v) is 5.46. The highest BCUT2D eigenvalue weighted by Gasteiger charge is 2.22. The first-order chi connectivity index (χ1) is 12.0. The average Bonchev–Trinajstić information content (AvgIpc) is 3.01. The Morgan fingerprint density at radius 2 is 2.16 bits per heavy atom. The van der Waals surface area contributed by atoms with Crippen LogP contribution in [0.5, 0.6) is 0 Å². The number of halogens is 1. The predicted molar refractivity (Wildman–Crippen MR) is 101 cm³/mol. The lowest BCUT2D eigenvalue weighted by Crippen LogP contribution is -2.20. The minimum atomic E-state index is -0.325. The van der Waals surface area contributed by atoms with Crippen LogP contribution in [0.1, 0.15) is 37.0 Å². The minimum Gasteiger partial charge on any atom is -0.465 e. The molecule has 0 bridgehead atoms. The van der Waals surface area contributed by atoms with E-state index in [-0.39, 0.29) is 17.1 Å². The standard InChI is InChI=1S/C16H18ClN3O3S2/c1-3-6-12(14(22)23-4-2)24-16-20-19-15(25-16)18-13(21)10-7-5-8-11(17)9-10/h5,7-9,12H,3-4,6H2,1-2H3,(H,18,19,21). The van der Waals surface area contributed by atoms with E-state index in [9.17, 15) is 9.59 Å². The van der Waals surface area contributed by atoms with E-state index < -0.39 is 0 Å². The molecule has 1 unspecified atom stereocenters. The van der Waals surface area contributed by atoms with Crippen molar-refractivity contribution in [2.75, 3.05) is 11.9 Å². The lowest BCUT2D eigenvalue weighted by Gasteiger charge is -2.11. The minimum absolute atomic E-state index is 0.255. The molecule has 1 heterocycles. The van der Waals surface area contributed by atoms with Crippen LogP contribution in [0.15, 0.2) is 28.6 Å². The van der Waals surface area contributed by atoms with Gasteiger partial charge >= 0.3 is 5.97 Å². The molecule has 0 saturated carbocycles. The van der Waals surface area contributed by atoms with Crippen LogP contribution in [0.2, 0.25) is 5.02 Å². The van der Waals surface area contributed by atoms with Gasteiger partial charge in [0.25, 0.3) is 5.91 Å². The molecule has 1 aromatic carbocycles. The van der Waals surface area contributed by atoms with Crippen molar-refractivity contribution < 1.29 is 14.3 Å². The maximum absolute atomic E-state index is 12.2. The number of carbonyl (C=O) groups is 2. The fourth-order valence-electron chi connectivity index (χ4n) is 1.95. The number of carbonyl (C=O) groups excluding carboxylic acids is 2. The smallest absolute Gasteiger partial charge is 0.319 e. The molecule has 2 rings (SSSR count). The molecule has 0 radical (unpaired) electrons. The molecule has 1 aromatic heterocycles. The Bertz CT molecular complexity index is 739. The summed E-state index contributed by atoms with van der Waals surface area (Å²) in [6, 6.07) is 6.64. The van der Waals surface area contributed by atoms with Crippen molar-refractivity contribution >= 4 is 51.7 Å². The second-order valence-corrected chi connectivity index (χ2v) is 7.85. The summed E-state index contributed by atoms with van der Waals surface area (Å²) >= 11 is 8.41. The van der Waals surface area contributed by atoms with Gasteiger partial charge in [0.2, 0.25) is 5.13 Å². The number of esters is 1. The summed E-state index contributed by atoms with van der Waals surface area (Å²) in [5.41, 5.74) is 0.437. The largest absolute Gasteiger partial charge is 0.465 e. The number of ether oxygens (including phenoxy) is 1. The Balaban J connectivity index is 2.01. The van der Waals surface area contributed by atoms with Crippen molar-refractivity contribution in [2.45, 2.75) is 36.3 Å². The monoisotopic (exact) mass is 399 g/mol. The second kappa shape index (κ2) is 9.74. The zero-order valence-corrected chi connectivity index (χ0v) is 16.2. The quantitative estimate of drug-likeness (QED) is 0.405. The van der Waals surface area contributed by atoms with Crippen LogP contribution in [0.3, 0.4) is 0 Å². The summed E-state index contributed by atoms with van der Waals surface area (Å²) in [5, 5.41) is 11.2. The van der Waals surface area contributed by atoms with E-state index in [1.165, 1.54) is 23.1 Å². The Morgan fingerprint density at radius 1 is 1.36 bits per heavy atom. The highest BCUT2D eigenvalue weighted by molar-refractivity contribution is 8.02. The molecule has 1 atom stereocenters. The van der Waals surface area contributed by atoms with E-state index in [1.807, 2.05) is 6.92 Å². The maximum atomic E-state index is 12.2. The third-order valence-electron chi connectivity index (χ3n) is 3.06. The van der Waals surface area contributed by atoms with Crippen molar-refractivity contribution in [3.63, 3.8) is 0 Å². The Hall–Kier alpha value is -1.64. The van der Waals surface area contributed by atoms with Gasteiger partial charge in [-0.2, -0.15) is 0 Å². The summed E-state index contributed by atoms with van der Waals surface area (Å²) in [4.78, 5) is 24.2. The van der Waals surface area contributed by atoms with Gasteiger partial charge in [-0.15, -0.1) is 10.2 Å². The second-order valence-electron chi connectivity index (χ2n) is 4.98. The molecule has 6 nitrogen and oxygen atoms in total. The number of nitrogens with one attached hydrogen (secondary N) is 1.